The molecule has 0 fully saturated rings. The Bertz CT molecular complexity index is 292. The molecule has 20 heavy (non-hydrogen) atoms. The lowest BCUT2D eigenvalue weighted by molar-refractivity contribution is -0.114. The van der Waals surface area contributed by atoms with Gasteiger partial charge in [-0.25, -0.2) is 0 Å². The van der Waals surface area contributed by atoms with Crippen LogP contribution in [-0.2, 0) is 4.79 Å². The number of nitrogens with two attached hydrogens (primary N) is 1. The van der Waals surface area contributed by atoms with Crippen LogP contribution in [0.5, 0.6) is 0 Å². The summed E-state index contributed by atoms with van der Waals surface area (Å²) in [6.07, 6.45) is 20.6. The second-order valence-electron chi connectivity index (χ2n) is 5.61. The minimum Gasteiger partial charge on any atom is -0.366 e. The smallest absolute Gasteiger partial charge is 0.244 e. The van der Waals surface area contributed by atoms with Crippen molar-refractivity contribution in [1.82, 2.24) is 0 Å². The topological polar surface area (TPSA) is 43.1 Å². The number of hydrogen-bond donors (Lipinski definition) is 1. The molecule has 0 aliphatic rings. The van der Waals surface area contributed by atoms with Crippen LogP contribution in [-0.4, -0.2) is 5.91 Å². The molecule has 0 bridgehead atoms. The second-order valence-corrected chi connectivity index (χ2v) is 5.61. The zero-order chi connectivity index (χ0) is 15.1. The predicted octanol–water partition coefficient (Wildman–Crippen LogP) is 5.29. The van der Waals surface area contributed by atoms with Crippen molar-refractivity contribution in [2.45, 2.75) is 84.5 Å². The van der Waals surface area contributed by atoms with E-state index in [0.717, 1.165) is 6.42 Å². The Hall–Kier alpha value is -1.05. The Labute approximate surface area is 125 Å². The van der Waals surface area contributed by atoms with E-state index in [2.05, 4.69) is 13.0 Å². The number of hydrogen-bond acceptors (Lipinski definition) is 1. The lowest BCUT2D eigenvalue weighted by atomic mass is 10.1. The lowest BCUT2D eigenvalue weighted by Gasteiger charge is -2.01. The third kappa shape index (κ3) is 13.4. The first-order valence-electron chi connectivity index (χ1n) is 8.31. The van der Waals surface area contributed by atoms with Gasteiger partial charge in [-0.2, -0.15) is 0 Å². The summed E-state index contributed by atoms with van der Waals surface area (Å²) in [6.45, 7) is 4.01. The largest absolute Gasteiger partial charge is 0.366 e. The molecular formula is C18H33NO. The van der Waals surface area contributed by atoms with E-state index in [0.29, 0.717) is 5.57 Å². The van der Waals surface area contributed by atoms with Gasteiger partial charge in [0.1, 0.15) is 0 Å². The molecule has 0 aliphatic carbocycles. The third-order valence-electron chi connectivity index (χ3n) is 3.60. The molecule has 0 aromatic rings. The van der Waals surface area contributed by atoms with Gasteiger partial charge in [-0.15, -0.1) is 0 Å². The molecule has 2 N–H and O–H groups in total. The number of carbonyl (C=O) groups is 1. The van der Waals surface area contributed by atoms with Crippen LogP contribution in [0, 0.1) is 0 Å². The number of amides is 1. The highest BCUT2D eigenvalue weighted by molar-refractivity contribution is 5.91. The van der Waals surface area contributed by atoms with Crippen molar-refractivity contribution in [2.24, 2.45) is 5.73 Å². The molecule has 0 radical (unpaired) electrons. The van der Waals surface area contributed by atoms with Gasteiger partial charge in [-0.1, -0.05) is 82.9 Å². The summed E-state index contributed by atoms with van der Waals surface area (Å²) >= 11 is 0. The third-order valence-corrected chi connectivity index (χ3v) is 3.60. The van der Waals surface area contributed by atoms with Crippen LogP contribution in [0.25, 0.3) is 0 Å². The summed E-state index contributed by atoms with van der Waals surface area (Å²) in [4.78, 5) is 10.8. The number of rotatable bonds is 13. The zero-order valence-electron chi connectivity index (χ0n) is 13.5. The molecule has 2 heteroatoms. The molecule has 0 aliphatic heterocycles. The first kappa shape index (κ1) is 18.9. The van der Waals surface area contributed by atoms with Crippen LogP contribution in [0.15, 0.2) is 23.8 Å². The minimum absolute atomic E-state index is 0.339. The van der Waals surface area contributed by atoms with Gasteiger partial charge < -0.3 is 5.73 Å². The van der Waals surface area contributed by atoms with Crippen molar-refractivity contribution in [3.05, 3.63) is 23.8 Å². The van der Waals surface area contributed by atoms with Gasteiger partial charge in [0, 0.05) is 5.57 Å². The van der Waals surface area contributed by atoms with Crippen molar-refractivity contribution < 1.29 is 4.79 Å². The quantitative estimate of drug-likeness (QED) is 0.278. The molecule has 0 spiro atoms. The van der Waals surface area contributed by atoms with Gasteiger partial charge in [0.2, 0.25) is 5.91 Å². The Kier molecular flexibility index (Phi) is 13.6. The molecule has 0 aromatic carbocycles. The molecule has 2 nitrogen and oxygen atoms in total. The zero-order valence-corrected chi connectivity index (χ0v) is 13.5. The molecule has 0 heterocycles. The highest BCUT2D eigenvalue weighted by atomic mass is 16.1. The molecule has 0 saturated heterocycles. The number of primary amides is 1. The van der Waals surface area contributed by atoms with Crippen molar-refractivity contribution in [3.8, 4) is 0 Å². The second kappa shape index (κ2) is 14.4. The first-order valence-corrected chi connectivity index (χ1v) is 8.31. The molecular weight excluding hydrogens is 246 g/mol. The van der Waals surface area contributed by atoms with Crippen LogP contribution < -0.4 is 5.73 Å². The normalized spacial score (nSPS) is 12.2. The Morgan fingerprint density at radius 3 is 1.90 bits per heavy atom. The van der Waals surface area contributed by atoms with Crippen LogP contribution in [0.1, 0.15) is 84.5 Å². The summed E-state index contributed by atoms with van der Waals surface area (Å²) in [5.41, 5.74) is 5.76. The van der Waals surface area contributed by atoms with Gasteiger partial charge in [-0.3, -0.25) is 4.79 Å². The van der Waals surface area contributed by atoms with Crippen LogP contribution >= 0.6 is 0 Å². The van der Waals surface area contributed by atoms with E-state index >= 15 is 0 Å². The van der Waals surface area contributed by atoms with E-state index in [9.17, 15) is 4.79 Å². The number of carbonyl (C=O) groups excluding carboxylic acids is 1. The summed E-state index contributed by atoms with van der Waals surface area (Å²) in [7, 11) is 0. The first-order chi connectivity index (χ1) is 9.68. The average Bonchev–Trinajstić information content (AvgIpc) is 2.43. The standard InChI is InChI=1S/C18H33NO/c1-3-4-5-6-7-8-9-10-11-12-13-14-15-16-17(2)18(19)20/h14-16H,3-13H2,1-2H3,(H2,19,20). The van der Waals surface area contributed by atoms with Crippen molar-refractivity contribution >= 4 is 5.91 Å². The molecule has 0 rings (SSSR count). The molecule has 116 valence electrons. The monoisotopic (exact) mass is 279 g/mol. The fraction of sp³-hybridized carbons (Fsp3) is 0.722. The Balaban J connectivity index is 3.26. The number of unbranched alkanes of at least 4 members (excludes halogenated alkanes) is 10. The summed E-state index contributed by atoms with van der Waals surface area (Å²) in [6, 6.07) is 0. The van der Waals surface area contributed by atoms with E-state index < -0.39 is 0 Å². The van der Waals surface area contributed by atoms with Crippen molar-refractivity contribution in [2.75, 3.05) is 0 Å². The van der Waals surface area contributed by atoms with Gasteiger partial charge in [0.25, 0.3) is 0 Å². The lowest BCUT2D eigenvalue weighted by Crippen LogP contribution is -2.11. The molecule has 0 saturated carbocycles. The van der Waals surface area contributed by atoms with E-state index in [4.69, 9.17) is 5.73 Å². The number of allylic oxidation sites excluding steroid dienone is 3. The highest BCUT2D eigenvalue weighted by Crippen LogP contribution is 2.11. The van der Waals surface area contributed by atoms with E-state index in [1.54, 1.807) is 13.0 Å². The summed E-state index contributed by atoms with van der Waals surface area (Å²) < 4.78 is 0. The SMILES string of the molecule is CCCCCCCCCCCCC=CC=C(C)C(N)=O. The minimum atomic E-state index is -0.339. The maximum atomic E-state index is 10.8. The van der Waals surface area contributed by atoms with Crippen molar-refractivity contribution in [3.63, 3.8) is 0 Å². The van der Waals surface area contributed by atoms with Gasteiger partial charge in [0.15, 0.2) is 0 Å². The summed E-state index contributed by atoms with van der Waals surface area (Å²) in [5.74, 6) is -0.339. The molecule has 0 unspecified atom stereocenters. The summed E-state index contributed by atoms with van der Waals surface area (Å²) in [5, 5.41) is 0. The van der Waals surface area contributed by atoms with Gasteiger partial charge >= 0.3 is 0 Å². The van der Waals surface area contributed by atoms with Crippen molar-refractivity contribution in [1.29, 1.82) is 0 Å². The average molecular weight is 279 g/mol. The van der Waals surface area contributed by atoms with E-state index in [1.807, 2.05) is 6.08 Å². The Morgan fingerprint density at radius 1 is 0.900 bits per heavy atom. The Morgan fingerprint density at radius 2 is 1.40 bits per heavy atom. The van der Waals surface area contributed by atoms with Crippen LogP contribution in [0.3, 0.4) is 0 Å². The van der Waals surface area contributed by atoms with Gasteiger partial charge in [0.05, 0.1) is 0 Å². The van der Waals surface area contributed by atoms with Crippen LogP contribution in [0.2, 0.25) is 0 Å². The predicted molar refractivity (Wildman–Crippen MR) is 88.6 cm³/mol. The maximum absolute atomic E-state index is 10.8. The molecule has 0 aromatic heterocycles. The van der Waals surface area contributed by atoms with Crippen LogP contribution in [0.4, 0.5) is 0 Å². The maximum Gasteiger partial charge on any atom is 0.244 e. The fourth-order valence-corrected chi connectivity index (χ4v) is 2.14. The van der Waals surface area contributed by atoms with E-state index in [-0.39, 0.29) is 5.91 Å². The highest BCUT2D eigenvalue weighted by Gasteiger charge is 1.93. The van der Waals surface area contributed by atoms with Gasteiger partial charge in [-0.05, 0) is 19.8 Å². The molecule has 1 amide bonds. The molecule has 0 atom stereocenters. The fourth-order valence-electron chi connectivity index (χ4n) is 2.14. The van der Waals surface area contributed by atoms with E-state index in [1.165, 1.54) is 64.2 Å².